The van der Waals surface area contributed by atoms with Gasteiger partial charge in [-0.1, -0.05) is 39.5 Å². The highest BCUT2D eigenvalue weighted by atomic mass is 14.4. The van der Waals surface area contributed by atoms with Gasteiger partial charge in [-0.15, -0.1) is 0 Å². The van der Waals surface area contributed by atoms with Gasteiger partial charge in [0.2, 0.25) is 0 Å². The quantitative estimate of drug-likeness (QED) is 0.512. The number of hydrogen-bond acceptors (Lipinski definition) is 0. The van der Waals surface area contributed by atoms with Crippen LogP contribution in [0.5, 0.6) is 0 Å². The van der Waals surface area contributed by atoms with Crippen LogP contribution in [0, 0.1) is 23.7 Å². The van der Waals surface area contributed by atoms with Gasteiger partial charge < -0.3 is 0 Å². The summed E-state index contributed by atoms with van der Waals surface area (Å²) < 4.78 is 0. The Morgan fingerprint density at radius 1 is 0.833 bits per heavy atom. The van der Waals surface area contributed by atoms with Crippen molar-refractivity contribution < 1.29 is 0 Å². The molecule has 70 valence electrons. The third-order valence-electron chi connectivity index (χ3n) is 4.53. The van der Waals surface area contributed by atoms with E-state index in [9.17, 15) is 0 Å². The molecule has 2 saturated carbocycles. The SMILES string of the molecule is C[C@@H]1[C@@H]2CCCC[C@H]2CC[C@@H]1C. The summed E-state index contributed by atoms with van der Waals surface area (Å²) in [5, 5.41) is 0. The second kappa shape index (κ2) is 3.40. The van der Waals surface area contributed by atoms with Crippen molar-refractivity contribution in [1.82, 2.24) is 0 Å². The number of hydrogen-bond donors (Lipinski definition) is 0. The van der Waals surface area contributed by atoms with Gasteiger partial charge in [-0.2, -0.15) is 0 Å². The van der Waals surface area contributed by atoms with E-state index in [1.54, 1.807) is 6.42 Å². The van der Waals surface area contributed by atoms with Gasteiger partial charge in [0.15, 0.2) is 0 Å². The first-order valence-electron chi connectivity index (χ1n) is 5.79. The molecule has 2 aliphatic carbocycles. The maximum Gasteiger partial charge on any atom is -0.0358 e. The van der Waals surface area contributed by atoms with E-state index in [4.69, 9.17) is 0 Å². The van der Waals surface area contributed by atoms with Gasteiger partial charge in [-0.3, -0.25) is 0 Å². The first-order chi connectivity index (χ1) is 5.79. The van der Waals surface area contributed by atoms with Crippen molar-refractivity contribution >= 4 is 0 Å². The van der Waals surface area contributed by atoms with Crippen molar-refractivity contribution in [3.05, 3.63) is 0 Å². The highest BCUT2D eigenvalue weighted by Gasteiger charge is 2.35. The van der Waals surface area contributed by atoms with Crippen molar-refractivity contribution in [2.24, 2.45) is 23.7 Å². The van der Waals surface area contributed by atoms with Crippen LogP contribution in [-0.4, -0.2) is 0 Å². The van der Waals surface area contributed by atoms with Gasteiger partial charge in [-0.25, -0.2) is 0 Å². The third kappa shape index (κ3) is 1.41. The standard InChI is InChI=1S/C12H22/c1-9-7-8-11-5-3-4-6-12(11)10(9)2/h9-12H,3-8H2,1-2H3/t9-,10-,11-,12-/m0/s1. The summed E-state index contributed by atoms with van der Waals surface area (Å²) in [6.07, 6.45) is 9.15. The summed E-state index contributed by atoms with van der Waals surface area (Å²) in [6, 6.07) is 0. The molecule has 0 bridgehead atoms. The Kier molecular flexibility index (Phi) is 2.43. The Balaban J connectivity index is 2.03. The smallest absolute Gasteiger partial charge is 0.0358 e. The van der Waals surface area contributed by atoms with Crippen molar-refractivity contribution in [2.45, 2.75) is 52.4 Å². The van der Waals surface area contributed by atoms with Crippen LogP contribution in [-0.2, 0) is 0 Å². The Hall–Kier alpha value is 0. The van der Waals surface area contributed by atoms with Gasteiger partial charge in [0.1, 0.15) is 0 Å². The number of fused-ring (bicyclic) bond motifs is 1. The molecular weight excluding hydrogens is 144 g/mol. The minimum absolute atomic E-state index is 1.00. The Morgan fingerprint density at radius 2 is 1.58 bits per heavy atom. The van der Waals surface area contributed by atoms with E-state index in [1.807, 2.05) is 0 Å². The fraction of sp³-hybridized carbons (Fsp3) is 1.00. The molecular formula is C12H22. The molecule has 0 unspecified atom stereocenters. The molecule has 2 aliphatic rings. The minimum Gasteiger partial charge on any atom is -0.0622 e. The lowest BCUT2D eigenvalue weighted by Gasteiger charge is -2.43. The lowest BCUT2D eigenvalue weighted by atomic mass is 9.63. The molecule has 0 aromatic rings. The van der Waals surface area contributed by atoms with E-state index in [-0.39, 0.29) is 0 Å². The van der Waals surface area contributed by atoms with Crippen molar-refractivity contribution in [3.63, 3.8) is 0 Å². The van der Waals surface area contributed by atoms with Gasteiger partial charge in [0.05, 0.1) is 0 Å². The predicted molar refractivity (Wildman–Crippen MR) is 53.0 cm³/mol. The molecule has 0 aliphatic heterocycles. The third-order valence-corrected chi connectivity index (χ3v) is 4.53. The Labute approximate surface area is 76.7 Å². The fourth-order valence-corrected chi connectivity index (χ4v) is 3.45. The monoisotopic (exact) mass is 166 g/mol. The van der Waals surface area contributed by atoms with E-state index in [0.29, 0.717) is 0 Å². The molecule has 0 heterocycles. The second-order valence-electron chi connectivity index (χ2n) is 5.12. The summed E-state index contributed by atoms with van der Waals surface area (Å²) in [7, 11) is 0. The zero-order valence-electron chi connectivity index (χ0n) is 8.55. The maximum absolute atomic E-state index is 2.49. The topological polar surface area (TPSA) is 0 Å². The molecule has 4 atom stereocenters. The van der Waals surface area contributed by atoms with Crippen LogP contribution in [0.3, 0.4) is 0 Å². The summed E-state index contributed by atoms with van der Waals surface area (Å²) in [6.45, 7) is 4.95. The molecule has 0 N–H and O–H groups in total. The normalized spacial score (nSPS) is 48.5. The van der Waals surface area contributed by atoms with Crippen LogP contribution in [0.1, 0.15) is 52.4 Å². The highest BCUT2D eigenvalue weighted by molar-refractivity contribution is 4.85. The molecule has 2 fully saturated rings. The summed E-state index contributed by atoms with van der Waals surface area (Å²) >= 11 is 0. The molecule has 0 heteroatoms. The molecule has 0 spiro atoms. The van der Waals surface area contributed by atoms with E-state index >= 15 is 0 Å². The largest absolute Gasteiger partial charge is 0.0622 e. The van der Waals surface area contributed by atoms with Gasteiger partial charge in [-0.05, 0) is 36.5 Å². The zero-order valence-corrected chi connectivity index (χ0v) is 8.55. The predicted octanol–water partition coefficient (Wildman–Crippen LogP) is 3.86. The van der Waals surface area contributed by atoms with Gasteiger partial charge >= 0.3 is 0 Å². The van der Waals surface area contributed by atoms with Crippen molar-refractivity contribution in [2.75, 3.05) is 0 Å². The fourth-order valence-electron chi connectivity index (χ4n) is 3.45. The molecule has 0 amide bonds. The molecule has 0 nitrogen and oxygen atoms in total. The Bertz CT molecular complexity index is 148. The van der Waals surface area contributed by atoms with Crippen LogP contribution in [0.15, 0.2) is 0 Å². The zero-order chi connectivity index (χ0) is 8.55. The van der Waals surface area contributed by atoms with Crippen LogP contribution in [0.25, 0.3) is 0 Å². The summed E-state index contributed by atoms with van der Waals surface area (Å²) in [5.74, 6) is 4.24. The summed E-state index contributed by atoms with van der Waals surface area (Å²) in [5.41, 5.74) is 0. The Morgan fingerprint density at radius 3 is 2.42 bits per heavy atom. The molecule has 12 heavy (non-hydrogen) atoms. The van der Waals surface area contributed by atoms with E-state index in [2.05, 4.69) is 13.8 Å². The van der Waals surface area contributed by atoms with E-state index in [0.717, 1.165) is 23.7 Å². The molecule has 0 saturated heterocycles. The van der Waals surface area contributed by atoms with E-state index in [1.165, 1.54) is 32.1 Å². The van der Waals surface area contributed by atoms with E-state index < -0.39 is 0 Å². The molecule has 0 aromatic carbocycles. The van der Waals surface area contributed by atoms with Crippen molar-refractivity contribution in [3.8, 4) is 0 Å². The van der Waals surface area contributed by atoms with Crippen LogP contribution in [0.4, 0.5) is 0 Å². The average molecular weight is 166 g/mol. The lowest BCUT2D eigenvalue weighted by molar-refractivity contribution is 0.0734. The molecule has 0 radical (unpaired) electrons. The van der Waals surface area contributed by atoms with Crippen molar-refractivity contribution in [1.29, 1.82) is 0 Å². The van der Waals surface area contributed by atoms with Gasteiger partial charge in [0, 0.05) is 0 Å². The van der Waals surface area contributed by atoms with Gasteiger partial charge in [0.25, 0.3) is 0 Å². The molecule has 2 rings (SSSR count). The van der Waals surface area contributed by atoms with Crippen LogP contribution < -0.4 is 0 Å². The second-order valence-corrected chi connectivity index (χ2v) is 5.12. The first kappa shape index (κ1) is 8.59. The van der Waals surface area contributed by atoms with Crippen LogP contribution in [0.2, 0.25) is 0 Å². The average Bonchev–Trinajstić information content (AvgIpc) is 2.12. The van der Waals surface area contributed by atoms with Crippen LogP contribution >= 0.6 is 0 Å². The highest BCUT2D eigenvalue weighted by Crippen LogP contribution is 2.45. The maximum atomic E-state index is 2.49. The molecule has 0 aromatic heterocycles. The first-order valence-corrected chi connectivity index (χ1v) is 5.79. The lowest BCUT2D eigenvalue weighted by Crippen LogP contribution is -2.33. The minimum atomic E-state index is 1.00. The number of rotatable bonds is 0. The summed E-state index contributed by atoms with van der Waals surface area (Å²) in [4.78, 5) is 0.